The predicted octanol–water partition coefficient (Wildman–Crippen LogP) is -1.45. The number of nitrogens with one attached hydrogen (secondary N) is 1. The highest BCUT2D eigenvalue weighted by Crippen LogP contribution is 2.02. The smallest absolute Gasteiger partial charge is 0.147 e. The van der Waals surface area contributed by atoms with Crippen molar-refractivity contribution < 1.29 is 10.2 Å². The summed E-state index contributed by atoms with van der Waals surface area (Å²) in [5.41, 5.74) is 0. The van der Waals surface area contributed by atoms with Gasteiger partial charge in [-0.15, -0.1) is 0 Å². The molecule has 4 heteroatoms. The van der Waals surface area contributed by atoms with Gasteiger partial charge in [-0.1, -0.05) is 6.92 Å². The SMILES string of the molecule is CCN1CCNC(O)C1O. The van der Waals surface area contributed by atoms with Crippen LogP contribution in [0.1, 0.15) is 6.92 Å². The van der Waals surface area contributed by atoms with E-state index in [9.17, 15) is 5.11 Å². The molecular weight excluding hydrogens is 132 g/mol. The van der Waals surface area contributed by atoms with Gasteiger partial charge in [0.2, 0.25) is 0 Å². The minimum absolute atomic E-state index is 0.737. The van der Waals surface area contributed by atoms with Crippen molar-refractivity contribution in [2.45, 2.75) is 19.4 Å². The first kappa shape index (κ1) is 7.94. The lowest BCUT2D eigenvalue weighted by Gasteiger charge is -2.35. The van der Waals surface area contributed by atoms with Gasteiger partial charge in [-0.2, -0.15) is 0 Å². The summed E-state index contributed by atoms with van der Waals surface area (Å²) in [5, 5.41) is 21.1. The van der Waals surface area contributed by atoms with Gasteiger partial charge in [0.15, 0.2) is 0 Å². The second-order valence-electron chi connectivity index (χ2n) is 2.44. The Labute approximate surface area is 60.5 Å². The highest BCUT2D eigenvalue weighted by molar-refractivity contribution is 4.73. The van der Waals surface area contributed by atoms with E-state index in [4.69, 9.17) is 5.11 Å². The van der Waals surface area contributed by atoms with Crippen LogP contribution < -0.4 is 5.32 Å². The highest BCUT2D eigenvalue weighted by atomic mass is 16.4. The van der Waals surface area contributed by atoms with Crippen LogP contribution >= 0.6 is 0 Å². The molecule has 0 aromatic heterocycles. The lowest BCUT2D eigenvalue weighted by atomic mass is 10.3. The topological polar surface area (TPSA) is 55.7 Å². The van der Waals surface area contributed by atoms with Gasteiger partial charge in [-0.25, -0.2) is 0 Å². The zero-order chi connectivity index (χ0) is 7.56. The van der Waals surface area contributed by atoms with Crippen molar-refractivity contribution in [3.8, 4) is 0 Å². The van der Waals surface area contributed by atoms with Crippen molar-refractivity contribution in [3.05, 3.63) is 0 Å². The molecule has 0 aromatic rings. The molecule has 2 unspecified atom stereocenters. The Balaban J connectivity index is 2.42. The van der Waals surface area contributed by atoms with E-state index in [0.717, 1.165) is 19.6 Å². The molecule has 1 saturated heterocycles. The average molecular weight is 146 g/mol. The van der Waals surface area contributed by atoms with E-state index in [-0.39, 0.29) is 0 Å². The van der Waals surface area contributed by atoms with E-state index in [0.29, 0.717) is 0 Å². The lowest BCUT2D eigenvalue weighted by Crippen LogP contribution is -2.57. The zero-order valence-corrected chi connectivity index (χ0v) is 6.12. The Kier molecular flexibility index (Phi) is 2.62. The van der Waals surface area contributed by atoms with Crippen LogP contribution in [0, 0.1) is 0 Å². The molecule has 2 atom stereocenters. The summed E-state index contributed by atoms with van der Waals surface area (Å²) < 4.78 is 0. The van der Waals surface area contributed by atoms with Crippen LogP contribution in [0.2, 0.25) is 0 Å². The third-order valence-electron chi connectivity index (χ3n) is 1.82. The third-order valence-corrected chi connectivity index (χ3v) is 1.82. The van der Waals surface area contributed by atoms with Crippen molar-refractivity contribution in [2.75, 3.05) is 19.6 Å². The van der Waals surface area contributed by atoms with Crippen LogP contribution in [0.3, 0.4) is 0 Å². The van der Waals surface area contributed by atoms with Gasteiger partial charge < -0.3 is 10.2 Å². The summed E-state index contributed by atoms with van der Waals surface area (Å²) in [5.74, 6) is 0. The number of piperazine rings is 1. The zero-order valence-electron chi connectivity index (χ0n) is 6.12. The number of nitrogens with zero attached hydrogens (tertiary/aromatic N) is 1. The van der Waals surface area contributed by atoms with Crippen LogP contribution in [0.25, 0.3) is 0 Å². The number of hydrogen-bond donors (Lipinski definition) is 3. The summed E-state index contributed by atoms with van der Waals surface area (Å²) in [6.07, 6.45) is -1.52. The van der Waals surface area contributed by atoms with E-state index in [1.165, 1.54) is 0 Å². The normalized spacial score (nSPS) is 36.3. The number of aliphatic hydroxyl groups is 2. The largest absolute Gasteiger partial charge is 0.374 e. The second-order valence-corrected chi connectivity index (χ2v) is 2.44. The minimum Gasteiger partial charge on any atom is -0.374 e. The molecule has 4 nitrogen and oxygen atoms in total. The van der Waals surface area contributed by atoms with E-state index >= 15 is 0 Å². The van der Waals surface area contributed by atoms with Gasteiger partial charge in [-0.05, 0) is 6.54 Å². The predicted molar refractivity (Wildman–Crippen MR) is 37.3 cm³/mol. The van der Waals surface area contributed by atoms with Crippen LogP contribution in [0.15, 0.2) is 0 Å². The van der Waals surface area contributed by atoms with Crippen molar-refractivity contribution >= 4 is 0 Å². The summed E-state index contributed by atoms with van der Waals surface area (Å²) in [6, 6.07) is 0. The molecule has 0 aromatic carbocycles. The Hall–Kier alpha value is -0.160. The maximum atomic E-state index is 9.25. The number of likely N-dealkylation sites (N-methyl/N-ethyl adjacent to an activating group) is 1. The molecule has 0 saturated carbocycles. The van der Waals surface area contributed by atoms with Crippen LogP contribution in [0.4, 0.5) is 0 Å². The summed E-state index contributed by atoms with van der Waals surface area (Å²) in [4.78, 5) is 1.82. The first-order chi connectivity index (χ1) is 4.75. The summed E-state index contributed by atoms with van der Waals surface area (Å²) in [6.45, 7) is 4.28. The molecule has 1 fully saturated rings. The highest BCUT2D eigenvalue weighted by Gasteiger charge is 2.25. The molecule has 60 valence electrons. The Morgan fingerprint density at radius 3 is 2.80 bits per heavy atom. The second kappa shape index (κ2) is 3.30. The average Bonchev–Trinajstić information content (AvgIpc) is 1.95. The molecule has 10 heavy (non-hydrogen) atoms. The van der Waals surface area contributed by atoms with E-state index in [2.05, 4.69) is 5.32 Å². The van der Waals surface area contributed by atoms with Crippen molar-refractivity contribution in [1.82, 2.24) is 10.2 Å². The molecule has 1 aliphatic heterocycles. The van der Waals surface area contributed by atoms with Gasteiger partial charge in [0, 0.05) is 13.1 Å². The van der Waals surface area contributed by atoms with Crippen molar-refractivity contribution in [2.24, 2.45) is 0 Å². The molecule has 0 amide bonds. The molecular formula is C6H14N2O2. The van der Waals surface area contributed by atoms with Gasteiger partial charge in [-0.3, -0.25) is 10.2 Å². The first-order valence-electron chi connectivity index (χ1n) is 3.59. The third kappa shape index (κ3) is 1.46. The first-order valence-corrected chi connectivity index (χ1v) is 3.59. The number of aliphatic hydroxyl groups excluding tert-OH is 2. The van der Waals surface area contributed by atoms with Gasteiger partial charge >= 0.3 is 0 Å². The molecule has 1 aliphatic rings. The van der Waals surface area contributed by atoms with Crippen LogP contribution in [-0.2, 0) is 0 Å². The molecule has 0 spiro atoms. The molecule has 0 bridgehead atoms. The van der Waals surface area contributed by atoms with Gasteiger partial charge in [0.05, 0.1) is 0 Å². The monoisotopic (exact) mass is 146 g/mol. The maximum absolute atomic E-state index is 9.25. The van der Waals surface area contributed by atoms with Crippen LogP contribution in [0.5, 0.6) is 0 Å². The molecule has 0 aliphatic carbocycles. The van der Waals surface area contributed by atoms with Gasteiger partial charge in [0.1, 0.15) is 12.5 Å². The van der Waals surface area contributed by atoms with Gasteiger partial charge in [0.25, 0.3) is 0 Å². The number of rotatable bonds is 1. The molecule has 3 N–H and O–H groups in total. The fourth-order valence-corrected chi connectivity index (χ4v) is 1.14. The molecule has 1 heterocycles. The molecule has 0 radical (unpaired) electrons. The minimum atomic E-state index is -0.784. The Bertz CT molecular complexity index is 110. The van der Waals surface area contributed by atoms with Crippen LogP contribution in [-0.4, -0.2) is 47.2 Å². The van der Waals surface area contributed by atoms with E-state index in [1.54, 1.807) is 0 Å². The fraction of sp³-hybridized carbons (Fsp3) is 1.00. The van der Waals surface area contributed by atoms with Crippen molar-refractivity contribution in [3.63, 3.8) is 0 Å². The summed E-state index contributed by atoms with van der Waals surface area (Å²) >= 11 is 0. The fourth-order valence-electron chi connectivity index (χ4n) is 1.14. The van der Waals surface area contributed by atoms with Crippen molar-refractivity contribution in [1.29, 1.82) is 0 Å². The van der Waals surface area contributed by atoms with E-state index < -0.39 is 12.5 Å². The lowest BCUT2D eigenvalue weighted by molar-refractivity contribution is -0.114. The molecule has 1 rings (SSSR count). The maximum Gasteiger partial charge on any atom is 0.147 e. The quantitative estimate of drug-likeness (QED) is 0.423. The number of hydrogen-bond acceptors (Lipinski definition) is 4. The Morgan fingerprint density at radius 2 is 2.30 bits per heavy atom. The Morgan fingerprint density at radius 1 is 1.60 bits per heavy atom. The van der Waals surface area contributed by atoms with E-state index in [1.807, 2.05) is 11.8 Å². The standard InChI is InChI=1S/C6H14N2O2/c1-2-8-4-3-7-5(9)6(8)10/h5-7,9-10H,2-4H2,1H3. The summed E-state index contributed by atoms with van der Waals surface area (Å²) in [7, 11) is 0.